The second kappa shape index (κ2) is 16.8. The van der Waals surface area contributed by atoms with Gasteiger partial charge in [-0.3, -0.25) is 14.5 Å². The van der Waals surface area contributed by atoms with Crippen LogP contribution in [0.25, 0.3) is 0 Å². The van der Waals surface area contributed by atoms with Crippen molar-refractivity contribution in [1.82, 2.24) is 10.2 Å². The van der Waals surface area contributed by atoms with Gasteiger partial charge in [0.25, 0.3) is 0 Å². The number of carboxylic acids is 1. The largest absolute Gasteiger partial charge is 0.481 e. The fourth-order valence-electron chi connectivity index (χ4n) is 5.67. The fraction of sp³-hybridized carbons (Fsp3) is 0.316. The molecular formula is C38H42N2O6. The van der Waals surface area contributed by atoms with Crippen molar-refractivity contribution in [3.8, 4) is 0 Å². The molecule has 8 nitrogen and oxygen atoms in total. The molecule has 3 N–H and O–H groups in total. The van der Waals surface area contributed by atoms with Crippen LogP contribution in [-0.2, 0) is 45.3 Å². The second-order valence-corrected chi connectivity index (χ2v) is 11.8. The molecule has 1 amide bonds. The summed E-state index contributed by atoms with van der Waals surface area (Å²) in [5.41, 5.74) is 6.18. The zero-order chi connectivity index (χ0) is 32.1. The number of nitrogens with zero attached hydrogens (tertiary/aromatic N) is 1. The maximum absolute atomic E-state index is 12.1. The molecule has 1 fully saturated rings. The fourth-order valence-corrected chi connectivity index (χ4v) is 5.67. The van der Waals surface area contributed by atoms with Crippen molar-refractivity contribution in [2.75, 3.05) is 6.54 Å². The van der Waals surface area contributed by atoms with Crippen molar-refractivity contribution >= 4 is 11.9 Å². The third kappa shape index (κ3) is 10.1. The Balaban J connectivity index is 1.31. The Kier molecular flexibility index (Phi) is 12.1. The minimum Gasteiger partial charge on any atom is -0.481 e. The normalized spacial score (nSPS) is 17.9. The number of hydrogen-bond acceptors (Lipinski definition) is 6. The molecule has 4 aromatic carbocycles. The van der Waals surface area contributed by atoms with Crippen LogP contribution in [0.3, 0.4) is 0 Å². The van der Waals surface area contributed by atoms with Crippen molar-refractivity contribution in [1.29, 1.82) is 0 Å². The van der Waals surface area contributed by atoms with Crippen molar-refractivity contribution in [2.45, 2.75) is 70.4 Å². The summed E-state index contributed by atoms with van der Waals surface area (Å²) in [6.07, 6.45) is 0.262. The zero-order valence-electron chi connectivity index (χ0n) is 26.0. The van der Waals surface area contributed by atoms with Crippen LogP contribution in [0.15, 0.2) is 109 Å². The van der Waals surface area contributed by atoms with Gasteiger partial charge in [0.05, 0.1) is 18.8 Å². The number of nitrogens with one attached hydrogen (secondary N) is 1. The van der Waals surface area contributed by atoms with E-state index in [-0.39, 0.29) is 37.6 Å². The Morgan fingerprint density at radius 1 is 0.717 bits per heavy atom. The predicted molar refractivity (Wildman–Crippen MR) is 175 cm³/mol. The van der Waals surface area contributed by atoms with Crippen molar-refractivity contribution < 1.29 is 29.3 Å². The van der Waals surface area contributed by atoms with Gasteiger partial charge in [0.2, 0.25) is 5.91 Å². The summed E-state index contributed by atoms with van der Waals surface area (Å²) < 4.78 is 13.2. The first-order chi connectivity index (χ1) is 22.4. The number of ether oxygens (including phenoxy) is 2. The number of carbonyl (C=O) groups excluding carboxylic acids is 1. The van der Waals surface area contributed by atoms with Gasteiger partial charge in [-0.1, -0.05) is 109 Å². The quantitative estimate of drug-likeness (QED) is 0.143. The highest BCUT2D eigenvalue weighted by atomic mass is 16.7. The van der Waals surface area contributed by atoms with Crippen LogP contribution in [-0.4, -0.2) is 39.6 Å². The van der Waals surface area contributed by atoms with E-state index in [9.17, 15) is 14.7 Å². The monoisotopic (exact) mass is 622 g/mol. The first kappa shape index (κ1) is 33.0. The van der Waals surface area contributed by atoms with Gasteiger partial charge in [-0.25, -0.2) is 0 Å². The summed E-state index contributed by atoms with van der Waals surface area (Å²) in [5, 5.41) is 21.2. The number of aliphatic hydroxyl groups is 1. The van der Waals surface area contributed by atoms with Gasteiger partial charge in [-0.2, -0.15) is 0 Å². The van der Waals surface area contributed by atoms with E-state index in [0.717, 1.165) is 35.3 Å². The van der Waals surface area contributed by atoms with Gasteiger partial charge in [-0.15, -0.1) is 0 Å². The summed E-state index contributed by atoms with van der Waals surface area (Å²) >= 11 is 0. The number of aliphatic carboxylic acids is 1. The molecule has 0 radical (unpaired) electrons. The van der Waals surface area contributed by atoms with Crippen LogP contribution in [0, 0.1) is 0 Å². The highest BCUT2D eigenvalue weighted by Crippen LogP contribution is 2.38. The molecule has 0 spiro atoms. The third-order valence-electron chi connectivity index (χ3n) is 8.11. The van der Waals surface area contributed by atoms with Gasteiger partial charge >= 0.3 is 5.97 Å². The molecule has 0 aromatic heterocycles. The standard InChI is InChI=1S/C38H42N2O6/c41-27-31-16-18-32(19-17-31)35-22-34(26-40(24-29-8-3-1-4-9-29)25-30-10-5-2-6-11-30)45-38(46-35)33-20-14-28(15-21-33)23-39-36(42)12-7-13-37(43)44/h1-6,8-11,14-21,34-35,38,41H,7,12-13,22-27H2,(H,39,42)(H,43,44). The molecule has 1 aliphatic heterocycles. The molecular weight excluding hydrogens is 580 g/mol. The molecule has 1 saturated heterocycles. The number of rotatable bonds is 15. The number of carbonyl (C=O) groups is 2. The Morgan fingerprint density at radius 3 is 1.89 bits per heavy atom. The Labute approximate surface area is 270 Å². The average Bonchev–Trinajstić information content (AvgIpc) is 3.08. The average molecular weight is 623 g/mol. The van der Waals surface area contributed by atoms with E-state index in [2.05, 4.69) is 58.7 Å². The van der Waals surface area contributed by atoms with Crippen LogP contribution >= 0.6 is 0 Å². The Hall–Kier alpha value is -4.34. The lowest BCUT2D eigenvalue weighted by molar-refractivity contribution is -0.253. The maximum Gasteiger partial charge on any atom is 0.303 e. The minimum atomic E-state index is -0.901. The smallest absolute Gasteiger partial charge is 0.303 e. The van der Waals surface area contributed by atoms with Crippen LogP contribution in [0.1, 0.15) is 71.5 Å². The highest BCUT2D eigenvalue weighted by molar-refractivity contribution is 5.76. The van der Waals surface area contributed by atoms with E-state index in [1.165, 1.54) is 11.1 Å². The predicted octanol–water partition coefficient (Wildman–Crippen LogP) is 6.30. The first-order valence-corrected chi connectivity index (χ1v) is 15.8. The summed E-state index contributed by atoms with van der Waals surface area (Å²) in [6, 6.07) is 36.7. The molecule has 0 bridgehead atoms. The van der Waals surface area contributed by atoms with Crippen LogP contribution in [0.4, 0.5) is 0 Å². The zero-order valence-corrected chi connectivity index (χ0v) is 26.0. The molecule has 8 heteroatoms. The molecule has 3 atom stereocenters. The SMILES string of the molecule is O=C(O)CCCC(=O)NCc1ccc(C2OC(CN(Cc3ccccc3)Cc3ccccc3)CC(c3ccc(CO)cc3)O2)cc1. The van der Waals surface area contributed by atoms with E-state index in [0.29, 0.717) is 25.9 Å². The van der Waals surface area contributed by atoms with Crippen molar-refractivity contribution in [3.05, 3.63) is 143 Å². The van der Waals surface area contributed by atoms with Gasteiger partial charge in [0.15, 0.2) is 6.29 Å². The molecule has 240 valence electrons. The number of aliphatic hydroxyl groups excluding tert-OH is 1. The van der Waals surface area contributed by atoms with E-state index in [4.69, 9.17) is 14.6 Å². The molecule has 46 heavy (non-hydrogen) atoms. The van der Waals surface area contributed by atoms with Gasteiger partial charge in [0.1, 0.15) is 0 Å². The molecule has 3 unspecified atom stereocenters. The molecule has 1 heterocycles. The summed E-state index contributed by atoms with van der Waals surface area (Å²) in [4.78, 5) is 25.2. The second-order valence-electron chi connectivity index (χ2n) is 11.8. The van der Waals surface area contributed by atoms with Gasteiger partial charge in [-0.05, 0) is 34.2 Å². The summed E-state index contributed by atoms with van der Waals surface area (Å²) in [6.45, 7) is 2.63. The van der Waals surface area contributed by atoms with Crippen LogP contribution in [0.5, 0.6) is 0 Å². The summed E-state index contributed by atoms with van der Waals surface area (Å²) in [5.74, 6) is -1.07. The van der Waals surface area contributed by atoms with E-state index in [1.807, 2.05) is 60.7 Å². The number of benzene rings is 4. The van der Waals surface area contributed by atoms with Crippen LogP contribution in [0.2, 0.25) is 0 Å². The highest BCUT2D eigenvalue weighted by Gasteiger charge is 2.33. The number of amides is 1. The van der Waals surface area contributed by atoms with Crippen LogP contribution < -0.4 is 5.32 Å². The van der Waals surface area contributed by atoms with Crippen molar-refractivity contribution in [2.24, 2.45) is 0 Å². The number of hydrogen-bond donors (Lipinski definition) is 3. The first-order valence-electron chi connectivity index (χ1n) is 15.8. The molecule has 5 rings (SSSR count). The third-order valence-corrected chi connectivity index (χ3v) is 8.11. The van der Waals surface area contributed by atoms with Gasteiger partial charge in [0, 0.05) is 51.0 Å². The van der Waals surface area contributed by atoms with E-state index in [1.54, 1.807) is 0 Å². The lowest BCUT2D eigenvalue weighted by Crippen LogP contribution is -2.39. The molecule has 0 aliphatic carbocycles. The number of carboxylic acid groups (broad SMARTS) is 1. The topological polar surface area (TPSA) is 108 Å². The molecule has 1 aliphatic rings. The maximum atomic E-state index is 12.1. The minimum absolute atomic E-state index is 0.0107. The molecule has 4 aromatic rings. The lowest BCUT2D eigenvalue weighted by Gasteiger charge is -2.38. The summed E-state index contributed by atoms with van der Waals surface area (Å²) in [7, 11) is 0. The molecule has 0 saturated carbocycles. The van der Waals surface area contributed by atoms with E-state index >= 15 is 0 Å². The Morgan fingerprint density at radius 2 is 1.30 bits per heavy atom. The van der Waals surface area contributed by atoms with Crippen molar-refractivity contribution in [3.63, 3.8) is 0 Å². The Bertz CT molecular complexity index is 1470. The van der Waals surface area contributed by atoms with E-state index < -0.39 is 12.3 Å². The van der Waals surface area contributed by atoms with Gasteiger partial charge < -0.3 is 25.0 Å². The lowest BCUT2D eigenvalue weighted by atomic mass is 9.99.